The second kappa shape index (κ2) is 8.52. The lowest BCUT2D eigenvalue weighted by Gasteiger charge is -2.13. The van der Waals surface area contributed by atoms with E-state index in [1.807, 2.05) is 6.92 Å². The standard InChI is InChI=1S/C17H20N4O3/c1-10(8-20-12(3)19-4)13-5-6-15(21-9-16(23)24)14(7-13)17(18)11(2)22/h5-8,18,21H,4,9H2,1-3H3,(H,23,24)/b10-8+,18-17?,20-12?. The number of carbonyl (C=O) groups is 2. The van der Waals surface area contributed by atoms with Gasteiger partial charge in [-0.2, -0.15) is 0 Å². The molecule has 0 saturated carbocycles. The highest BCUT2D eigenvalue weighted by Crippen LogP contribution is 2.23. The molecule has 0 amide bonds. The van der Waals surface area contributed by atoms with Crippen LogP contribution in [-0.4, -0.2) is 41.7 Å². The fourth-order valence-electron chi connectivity index (χ4n) is 1.82. The number of hydrogen-bond acceptors (Lipinski definition) is 5. The molecule has 0 aromatic heterocycles. The third-order valence-electron chi connectivity index (χ3n) is 3.20. The fourth-order valence-corrected chi connectivity index (χ4v) is 1.82. The van der Waals surface area contributed by atoms with E-state index in [-0.39, 0.29) is 12.3 Å². The normalized spacial score (nSPS) is 11.8. The Morgan fingerprint density at radius 3 is 2.54 bits per heavy atom. The van der Waals surface area contributed by atoms with Gasteiger partial charge in [0, 0.05) is 24.4 Å². The van der Waals surface area contributed by atoms with Gasteiger partial charge in [0.2, 0.25) is 0 Å². The predicted molar refractivity (Wildman–Crippen MR) is 96.4 cm³/mol. The maximum Gasteiger partial charge on any atom is 0.322 e. The van der Waals surface area contributed by atoms with Gasteiger partial charge in [-0.15, -0.1) is 0 Å². The van der Waals surface area contributed by atoms with Crippen LogP contribution in [0.1, 0.15) is 31.9 Å². The summed E-state index contributed by atoms with van der Waals surface area (Å²) < 4.78 is 0. The lowest BCUT2D eigenvalue weighted by atomic mass is 9.99. The van der Waals surface area contributed by atoms with Crippen LogP contribution in [0, 0.1) is 5.41 Å². The average Bonchev–Trinajstić information content (AvgIpc) is 2.56. The Labute approximate surface area is 140 Å². The zero-order valence-corrected chi connectivity index (χ0v) is 13.9. The van der Waals surface area contributed by atoms with Crippen molar-refractivity contribution < 1.29 is 14.7 Å². The zero-order valence-electron chi connectivity index (χ0n) is 13.9. The highest BCUT2D eigenvalue weighted by atomic mass is 16.4. The molecule has 0 aliphatic carbocycles. The topological polar surface area (TPSA) is 115 Å². The molecule has 0 saturated heterocycles. The molecule has 0 aliphatic rings. The Balaban J connectivity index is 3.29. The number of Topliss-reactive ketones (excluding diaryl/α,β-unsaturated/α-hetero) is 1. The first-order chi connectivity index (χ1) is 11.3. The maximum atomic E-state index is 11.5. The number of allylic oxidation sites excluding steroid dienone is 1. The number of carbonyl (C=O) groups excluding carboxylic acids is 1. The van der Waals surface area contributed by atoms with Crippen LogP contribution in [0.5, 0.6) is 0 Å². The van der Waals surface area contributed by atoms with Gasteiger partial charge in [0.05, 0.1) is 0 Å². The Morgan fingerprint density at radius 1 is 1.33 bits per heavy atom. The summed E-state index contributed by atoms with van der Waals surface area (Å²) in [7, 11) is 0. The van der Waals surface area contributed by atoms with E-state index in [0.717, 1.165) is 11.1 Å². The number of aliphatic imine (C=N–C) groups is 2. The molecule has 0 aliphatic heterocycles. The van der Waals surface area contributed by atoms with Gasteiger partial charge < -0.3 is 10.4 Å². The van der Waals surface area contributed by atoms with Crippen molar-refractivity contribution in [3.63, 3.8) is 0 Å². The van der Waals surface area contributed by atoms with Crippen LogP contribution in [-0.2, 0) is 9.59 Å². The van der Waals surface area contributed by atoms with Crippen LogP contribution in [0.3, 0.4) is 0 Å². The average molecular weight is 328 g/mol. The number of anilines is 1. The number of nitrogens with one attached hydrogen (secondary N) is 2. The molecule has 1 rings (SSSR count). The van der Waals surface area contributed by atoms with Crippen molar-refractivity contribution in [1.82, 2.24) is 0 Å². The van der Waals surface area contributed by atoms with Crippen molar-refractivity contribution in [2.45, 2.75) is 20.8 Å². The van der Waals surface area contributed by atoms with Crippen molar-refractivity contribution in [3.8, 4) is 0 Å². The number of rotatable bonds is 7. The largest absolute Gasteiger partial charge is 0.480 e. The zero-order chi connectivity index (χ0) is 18.3. The van der Waals surface area contributed by atoms with Gasteiger partial charge in [0.25, 0.3) is 0 Å². The maximum absolute atomic E-state index is 11.5. The van der Waals surface area contributed by atoms with Crippen molar-refractivity contribution in [2.75, 3.05) is 11.9 Å². The van der Waals surface area contributed by atoms with Gasteiger partial charge in [0.15, 0.2) is 5.78 Å². The van der Waals surface area contributed by atoms with Crippen LogP contribution in [0.4, 0.5) is 5.69 Å². The third kappa shape index (κ3) is 5.28. The minimum absolute atomic E-state index is 0.190. The number of amidine groups is 1. The minimum atomic E-state index is -1.03. The molecule has 126 valence electrons. The number of hydrogen-bond donors (Lipinski definition) is 3. The van der Waals surface area contributed by atoms with E-state index in [1.54, 1.807) is 31.3 Å². The van der Waals surface area contributed by atoms with Gasteiger partial charge in [0.1, 0.15) is 18.1 Å². The molecule has 0 atom stereocenters. The quantitative estimate of drug-likeness (QED) is 0.527. The van der Waals surface area contributed by atoms with Crippen LogP contribution in [0.2, 0.25) is 0 Å². The molecular formula is C17H20N4O3. The lowest BCUT2D eigenvalue weighted by Crippen LogP contribution is -2.17. The molecule has 24 heavy (non-hydrogen) atoms. The predicted octanol–water partition coefficient (Wildman–Crippen LogP) is 2.62. The molecule has 1 aromatic rings. The van der Waals surface area contributed by atoms with Crippen LogP contribution in [0.15, 0.2) is 34.4 Å². The van der Waals surface area contributed by atoms with E-state index in [0.29, 0.717) is 17.1 Å². The SMILES string of the molecule is C=NC(C)=N/C=C(\C)c1ccc(NCC(=O)O)c(C(=N)C(C)=O)c1. The fraction of sp³-hybridized carbons (Fsp3) is 0.235. The molecule has 0 bridgehead atoms. The van der Waals surface area contributed by atoms with E-state index >= 15 is 0 Å². The summed E-state index contributed by atoms with van der Waals surface area (Å²) in [6, 6.07) is 5.07. The molecule has 7 nitrogen and oxygen atoms in total. The van der Waals surface area contributed by atoms with E-state index in [9.17, 15) is 9.59 Å². The molecule has 0 unspecified atom stereocenters. The van der Waals surface area contributed by atoms with E-state index < -0.39 is 11.8 Å². The van der Waals surface area contributed by atoms with Crippen molar-refractivity contribution in [3.05, 3.63) is 35.5 Å². The summed E-state index contributed by atoms with van der Waals surface area (Å²) in [6.07, 6.45) is 1.62. The second-order valence-electron chi connectivity index (χ2n) is 5.09. The van der Waals surface area contributed by atoms with Crippen LogP contribution in [0.25, 0.3) is 5.57 Å². The lowest BCUT2D eigenvalue weighted by molar-refractivity contribution is -0.134. The molecule has 0 heterocycles. The summed E-state index contributed by atoms with van der Waals surface area (Å²) in [4.78, 5) is 30.1. The van der Waals surface area contributed by atoms with Gasteiger partial charge in [-0.3, -0.25) is 15.0 Å². The Morgan fingerprint density at radius 2 is 2.00 bits per heavy atom. The van der Waals surface area contributed by atoms with Crippen molar-refractivity contribution in [2.24, 2.45) is 9.98 Å². The summed E-state index contributed by atoms with van der Waals surface area (Å²) in [5.74, 6) is -0.917. The van der Waals surface area contributed by atoms with E-state index in [4.69, 9.17) is 10.5 Å². The third-order valence-corrected chi connectivity index (χ3v) is 3.20. The highest BCUT2D eigenvalue weighted by molar-refractivity contribution is 6.45. The smallest absolute Gasteiger partial charge is 0.322 e. The highest BCUT2D eigenvalue weighted by Gasteiger charge is 2.14. The first-order valence-corrected chi connectivity index (χ1v) is 7.14. The monoisotopic (exact) mass is 328 g/mol. The molecule has 0 fully saturated rings. The number of ketones is 1. The van der Waals surface area contributed by atoms with Crippen LogP contribution < -0.4 is 5.32 Å². The number of carboxylic acids is 1. The number of nitrogens with zero attached hydrogens (tertiary/aromatic N) is 2. The van der Waals surface area contributed by atoms with Crippen molar-refractivity contribution in [1.29, 1.82) is 5.41 Å². The summed E-state index contributed by atoms with van der Waals surface area (Å²) in [6.45, 7) is 7.92. The minimum Gasteiger partial charge on any atom is -0.480 e. The molecular weight excluding hydrogens is 308 g/mol. The summed E-state index contributed by atoms with van der Waals surface area (Å²) in [5.41, 5.74) is 2.14. The first kappa shape index (κ1) is 19.0. The van der Waals surface area contributed by atoms with Crippen molar-refractivity contribution >= 4 is 41.3 Å². The van der Waals surface area contributed by atoms with Crippen LogP contribution >= 0.6 is 0 Å². The molecule has 1 aromatic carbocycles. The Bertz CT molecular complexity index is 748. The second-order valence-corrected chi connectivity index (χ2v) is 5.09. The van der Waals surface area contributed by atoms with E-state index in [2.05, 4.69) is 22.0 Å². The number of aliphatic carboxylic acids is 1. The Kier molecular flexibility index (Phi) is 6.73. The van der Waals surface area contributed by atoms with Gasteiger partial charge in [-0.05, 0) is 43.8 Å². The van der Waals surface area contributed by atoms with Gasteiger partial charge in [-0.25, -0.2) is 9.98 Å². The first-order valence-electron chi connectivity index (χ1n) is 7.14. The number of carboxylic acid groups (broad SMARTS) is 1. The summed E-state index contributed by atoms with van der Waals surface area (Å²) in [5, 5.41) is 19.4. The number of benzene rings is 1. The molecule has 0 spiro atoms. The van der Waals surface area contributed by atoms with E-state index in [1.165, 1.54) is 6.92 Å². The molecule has 7 heteroatoms. The molecule has 3 N–H and O–H groups in total. The molecule has 0 radical (unpaired) electrons. The van der Waals surface area contributed by atoms with Gasteiger partial charge >= 0.3 is 5.97 Å². The Hall–Kier alpha value is -3.09. The summed E-state index contributed by atoms with van der Waals surface area (Å²) >= 11 is 0. The van der Waals surface area contributed by atoms with Gasteiger partial charge in [-0.1, -0.05) is 6.07 Å².